The zero-order chi connectivity index (χ0) is 10.7. The molecule has 1 aromatic rings. The molecule has 0 aromatic heterocycles. The van der Waals surface area contributed by atoms with Gasteiger partial charge in [-0.05, 0) is 37.8 Å². The summed E-state index contributed by atoms with van der Waals surface area (Å²) in [5, 5.41) is 4.26. The number of anilines is 1. The van der Waals surface area contributed by atoms with Gasteiger partial charge in [-0.15, -0.1) is 0 Å². The van der Waals surface area contributed by atoms with E-state index >= 15 is 0 Å². The largest absolute Gasteiger partial charge is 0.381 e. The maximum absolute atomic E-state index is 6.09. The summed E-state index contributed by atoms with van der Waals surface area (Å²) >= 11 is 6.09. The van der Waals surface area contributed by atoms with Crippen LogP contribution < -0.4 is 11.1 Å². The molecule has 1 aliphatic rings. The number of hydrogen-bond donors (Lipinski definition) is 2. The Balaban J connectivity index is 1.99. The van der Waals surface area contributed by atoms with Crippen molar-refractivity contribution in [2.75, 3.05) is 5.32 Å². The highest BCUT2D eigenvalue weighted by atomic mass is 35.5. The molecule has 2 unspecified atom stereocenters. The van der Waals surface area contributed by atoms with Crippen molar-refractivity contribution in [2.45, 2.75) is 37.8 Å². The minimum absolute atomic E-state index is 0.346. The standard InChI is InChI=1S/C12H17ClN2/c13-11-6-1-2-7-12(11)15-10-5-3-4-9(14)8-10/h1-2,6-7,9-10,15H,3-5,8,14H2. The van der Waals surface area contributed by atoms with Gasteiger partial charge in [0.05, 0.1) is 10.7 Å². The molecule has 2 rings (SSSR count). The van der Waals surface area contributed by atoms with E-state index in [4.69, 9.17) is 17.3 Å². The second-order valence-electron chi connectivity index (χ2n) is 4.25. The highest BCUT2D eigenvalue weighted by molar-refractivity contribution is 6.33. The van der Waals surface area contributed by atoms with Crippen LogP contribution in [0.2, 0.25) is 5.02 Å². The lowest BCUT2D eigenvalue weighted by Gasteiger charge is -2.28. The number of rotatable bonds is 2. The normalized spacial score (nSPS) is 26.3. The van der Waals surface area contributed by atoms with Crippen LogP contribution in [0.5, 0.6) is 0 Å². The van der Waals surface area contributed by atoms with Gasteiger partial charge >= 0.3 is 0 Å². The molecule has 1 fully saturated rings. The molecule has 0 radical (unpaired) electrons. The monoisotopic (exact) mass is 224 g/mol. The average Bonchev–Trinajstić information content (AvgIpc) is 2.22. The maximum Gasteiger partial charge on any atom is 0.0637 e. The van der Waals surface area contributed by atoms with Crippen molar-refractivity contribution < 1.29 is 0 Å². The van der Waals surface area contributed by atoms with Gasteiger partial charge in [-0.2, -0.15) is 0 Å². The van der Waals surface area contributed by atoms with Crippen LogP contribution in [0.1, 0.15) is 25.7 Å². The predicted octanol–water partition coefficient (Wildman–Crippen LogP) is 3.02. The SMILES string of the molecule is NC1CCCC(Nc2ccccc2Cl)C1. The van der Waals surface area contributed by atoms with Crippen LogP contribution >= 0.6 is 11.6 Å². The van der Waals surface area contributed by atoms with E-state index < -0.39 is 0 Å². The molecule has 0 heterocycles. The lowest BCUT2D eigenvalue weighted by Crippen LogP contribution is -2.34. The lowest BCUT2D eigenvalue weighted by molar-refractivity contribution is 0.409. The molecule has 82 valence electrons. The molecule has 0 saturated heterocycles. The van der Waals surface area contributed by atoms with Gasteiger partial charge in [-0.25, -0.2) is 0 Å². The Kier molecular flexibility index (Phi) is 3.49. The van der Waals surface area contributed by atoms with Crippen LogP contribution in [0, 0.1) is 0 Å². The van der Waals surface area contributed by atoms with Gasteiger partial charge in [0.15, 0.2) is 0 Å². The first kappa shape index (κ1) is 10.8. The molecular formula is C12H17ClN2. The van der Waals surface area contributed by atoms with E-state index in [1.807, 2.05) is 24.3 Å². The quantitative estimate of drug-likeness (QED) is 0.811. The van der Waals surface area contributed by atoms with Gasteiger partial charge in [-0.1, -0.05) is 23.7 Å². The second kappa shape index (κ2) is 4.86. The zero-order valence-electron chi connectivity index (χ0n) is 8.75. The van der Waals surface area contributed by atoms with Crippen molar-refractivity contribution in [1.82, 2.24) is 0 Å². The fourth-order valence-electron chi connectivity index (χ4n) is 2.16. The third kappa shape index (κ3) is 2.86. The molecule has 1 aromatic carbocycles. The lowest BCUT2D eigenvalue weighted by atomic mass is 9.91. The summed E-state index contributed by atoms with van der Waals surface area (Å²) in [4.78, 5) is 0. The number of nitrogens with one attached hydrogen (secondary N) is 1. The summed E-state index contributed by atoms with van der Waals surface area (Å²) in [5.41, 5.74) is 6.97. The van der Waals surface area contributed by atoms with Crippen molar-refractivity contribution in [3.05, 3.63) is 29.3 Å². The second-order valence-corrected chi connectivity index (χ2v) is 4.65. The van der Waals surface area contributed by atoms with Crippen LogP contribution in [0.25, 0.3) is 0 Å². The van der Waals surface area contributed by atoms with Crippen molar-refractivity contribution in [2.24, 2.45) is 5.73 Å². The van der Waals surface area contributed by atoms with Gasteiger partial charge < -0.3 is 11.1 Å². The van der Waals surface area contributed by atoms with Crippen LogP contribution in [-0.2, 0) is 0 Å². The van der Waals surface area contributed by atoms with Crippen molar-refractivity contribution in [3.63, 3.8) is 0 Å². The fourth-order valence-corrected chi connectivity index (χ4v) is 2.35. The molecule has 15 heavy (non-hydrogen) atoms. The van der Waals surface area contributed by atoms with E-state index in [1.165, 1.54) is 12.8 Å². The third-order valence-electron chi connectivity index (χ3n) is 2.95. The van der Waals surface area contributed by atoms with E-state index in [0.717, 1.165) is 23.6 Å². The Morgan fingerprint density at radius 2 is 2.07 bits per heavy atom. The average molecular weight is 225 g/mol. The van der Waals surface area contributed by atoms with E-state index in [1.54, 1.807) is 0 Å². The molecule has 0 spiro atoms. The molecule has 0 amide bonds. The number of benzene rings is 1. The number of halogens is 1. The Hall–Kier alpha value is -0.730. The number of nitrogens with two attached hydrogens (primary N) is 1. The molecule has 3 N–H and O–H groups in total. The molecule has 0 aliphatic heterocycles. The number of hydrogen-bond acceptors (Lipinski definition) is 2. The van der Waals surface area contributed by atoms with Crippen molar-refractivity contribution >= 4 is 17.3 Å². The Labute approximate surface area is 95.8 Å². The number of para-hydroxylation sites is 1. The van der Waals surface area contributed by atoms with Gasteiger partial charge in [0.25, 0.3) is 0 Å². The first-order chi connectivity index (χ1) is 7.25. The first-order valence-electron chi connectivity index (χ1n) is 5.52. The van der Waals surface area contributed by atoms with E-state index in [9.17, 15) is 0 Å². The van der Waals surface area contributed by atoms with Gasteiger partial charge in [0.2, 0.25) is 0 Å². The summed E-state index contributed by atoms with van der Waals surface area (Å²) in [6, 6.07) is 8.69. The van der Waals surface area contributed by atoms with Crippen LogP contribution in [0.3, 0.4) is 0 Å². The molecule has 1 aliphatic carbocycles. The van der Waals surface area contributed by atoms with Crippen molar-refractivity contribution in [3.8, 4) is 0 Å². The topological polar surface area (TPSA) is 38.0 Å². The predicted molar refractivity (Wildman–Crippen MR) is 65.3 cm³/mol. The van der Waals surface area contributed by atoms with E-state index in [-0.39, 0.29) is 0 Å². The summed E-state index contributed by atoms with van der Waals surface area (Å²) in [5.74, 6) is 0. The van der Waals surface area contributed by atoms with Crippen LogP contribution in [0.15, 0.2) is 24.3 Å². The minimum Gasteiger partial charge on any atom is -0.381 e. The van der Waals surface area contributed by atoms with Crippen LogP contribution in [-0.4, -0.2) is 12.1 Å². The van der Waals surface area contributed by atoms with Crippen LogP contribution in [0.4, 0.5) is 5.69 Å². The smallest absolute Gasteiger partial charge is 0.0637 e. The molecule has 3 heteroatoms. The minimum atomic E-state index is 0.346. The van der Waals surface area contributed by atoms with Crippen molar-refractivity contribution in [1.29, 1.82) is 0 Å². The molecule has 1 saturated carbocycles. The van der Waals surface area contributed by atoms with Gasteiger partial charge in [0.1, 0.15) is 0 Å². The Morgan fingerprint density at radius 3 is 2.80 bits per heavy atom. The summed E-state index contributed by atoms with van der Waals surface area (Å²) in [7, 11) is 0. The Morgan fingerprint density at radius 1 is 1.27 bits per heavy atom. The summed E-state index contributed by atoms with van der Waals surface area (Å²) in [6.45, 7) is 0. The molecule has 2 atom stereocenters. The highest BCUT2D eigenvalue weighted by Gasteiger charge is 2.19. The highest BCUT2D eigenvalue weighted by Crippen LogP contribution is 2.25. The summed E-state index contributed by atoms with van der Waals surface area (Å²) < 4.78 is 0. The molecular weight excluding hydrogens is 208 g/mol. The van der Waals surface area contributed by atoms with Gasteiger partial charge in [0, 0.05) is 12.1 Å². The summed E-state index contributed by atoms with van der Waals surface area (Å²) in [6.07, 6.45) is 4.61. The molecule has 0 bridgehead atoms. The van der Waals surface area contributed by atoms with E-state index in [2.05, 4.69) is 5.32 Å². The third-order valence-corrected chi connectivity index (χ3v) is 3.28. The fraction of sp³-hybridized carbons (Fsp3) is 0.500. The first-order valence-corrected chi connectivity index (χ1v) is 5.90. The van der Waals surface area contributed by atoms with Gasteiger partial charge in [-0.3, -0.25) is 0 Å². The van der Waals surface area contributed by atoms with E-state index in [0.29, 0.717) is 12.1 Å². The maximum atomic E-state index is 6.09. The molecule has 2 nitrogen and oxygen atoms in total. The zero-order valence-corrected chi connectivity index (χ0v) is 9.50. The Bertz CT molecular complexity index is 327.